The van der Waals surface area contributed by atoms with Crippen molar-refractivity contribution in [1.82, 2.24) is 9.55 Å². The molecule has 2 aromatic heterocycles. The van der Waals surface area contributed by atoms with Gasteiger partial charge in [0.1, 0.15) is 5.82 Å². The molecule has 0 atom stereocenters. The molecule has 1 aliphatic heterocycles. The molecule has 5 nitrogen and oxygen atoms in total. The van der Waals surface area contributed by atoms with Gasteiger partial charge in [0.2, 0.25) is 0 Å². The van der Waals surface area contributed by atoms with Crippen LogP contribution in [0, 0.1) is 18.8 Å². The van der Waals surface area contributed by atoms with Gasteiger partial charge in [0, 0.05) is 72.5 Å². The first-order valence-electron chi connectivity index (χ1n) is 22.2. The number of aromatic nitrogens is 2. The number of hydrogen-bond acceptors (Lipinski definition) is 4. The smallest absolute Gasteiger partial charge is 0.135 e. The van der Waals surface area contributed by atoms with E-state index >= 15 is 0 Å². The number of hydrogen-bond donors (Lipinski definition) is 0. The second-order valence-corrected chi connectivity index (χ2v) is 14.8. The van der Waals surface area contributed by atoms with Crippen molar-refractivity contribution in [2.45, 2.75) is 26.2 Å². The zero-order valence-corrected chi connectivity index (χ0v) is 34.1. The van der Waals surface area contributed by atoms with Crippen LogP contribution in [0.2, 0.25) is 0 Å². The van der Waals surface area contributed by atoms with E-state index in [1.807, 2.05) is 126 Å². The Morgan fingerprint density at radius 3 is 2.00 bits per heavy atom. The van der Waals surface area contributed by atoms with Gasteiger partial charge in [-0.05, 0) is 57.8 Å². The summed E-state index contributed by atoms with van der Waals surface area (Å²) >= 11 is 0. The summed E-state index contributed by atoms with van der Waals surface area (Å²) in [7, 11) is 0. The molecule has 0 unspecified atom stereocenters. The molecule has 0 aliphatic carbocycles. The van der Waals surface area contributed by atoms with Gasteiger partial charge < -0.3 is 19.1 Å². The van der Waals surface area contributed by atoms with Gasteiger partial charge in [-0.15, -0.1) is 48.1 Å². The largest absolute Gasteiger partial charge is 0.509 e. The van der Waals surface area contributed by atoms with Gasteiger partial charge in [-0.1, -0.05) is 135 Å². The molecule has 0 spiro atoms. The van der Waals surface area contributed by atoms with Gasteiger partial charge in [-0.2, -0.15) is 12.1 Å². The molecule has 0 amide bonds. The third-order valence-electron chi connectivity index (χ3n) is 10.2. The average molecular weight is 938 g/mol. The molecule has 0 fully saturated rings. The first-order valence-corrected chi connectivity index (χ1v) is 18.7. The number of fused-ring (bicyclic) bond motifs is 4. The summed E-state index contributed by atoms with van der Waals surface area (Å²) in [5, 5.41) is 0.944. The van der Waals surface area contributed by atoms with E-state index in [1.165, 1.54) is 0 Å². The van der Waals surface area contributed by atoms with Gasteiger partial charge in [-0.3, -0.25) is 0 Å². The van der Waals surface area contributed by atoms with Crippen LogP contribution in [-0.4, -0.2) is 9.55 Å². The van der Waals surface area contributed by atoms with E-state index in [-0.39, 0.29) is 68.8 Å². The van der Waals surface area contributed by atoms with Crippen LogP contribution in [0.15, 0.2) is 176 Å². The van der Waals surface area contributed by atoms with Gasteiger partial charge in [0.25, 0.3) is 0 Å². The predicted octanol–water partition coefficient (Wildman–Crippen LogP) is 13.6. The summed E-state index contributed by atoms with van der Waals surface area (Å²) in [6, 6.07) is 45.6. The van der Waals surface area contributed by atoms with E-state index < -0.39 is 0 Å². The molecular weight excluding hydrogens is 892 g/mol. The van der Waals surface area contributed by atoms with Crippen molar-refractivity contribution in [2.75, 3.05) is 9.80 Å². The Hall–Kier alpha value is -6.42. The van der Waals surface area contributed by atoms with Crippen molar-refractivity contribution in [3.05, 3.63) is 200 Å². The van der Waals surface area contributed by atoms with Crippen LogP contribution in [0.1, 0.15) is 35.9 Å². The van der Waals surface area contributed by atoms with Crippen LogP contribution in [-0.2, 0) is 26.5 Å². The average Bonchev–Trinajstić information content (AvgIpc) is 3.86. The quantitative estimate of drug-likeness (QED) is 0.149. The molecule has 0 bridgehead atoms. The van der Waals surface area contributed by atoms with Crippen molar-refractivity contribution in [1.29, 1.82) is 0 Å². The summed E-state index contributed by atoms with van der Waals surface area (Å²) in [6.45, 7) is 8.22. The fourth-order valence-electron chi connectivity index (χ4n) is 7.42. The van der Waals surface area contributed by atoms with Crippen LogP contribution >= 0.6 is 0 Å². The molecule has 9 aromatic rings. The maximum absolute atomic E-state index is 9.26. The third-order valence-corrected chi connectivity index (χ3v) is 10.2. The van der Waals surface area contributed by atoms with Crippen LogP contribution in [0.4, 0.5) is 22.7 Å². The van der Waals surface area contributed by atoms with Crippen LogP contribution in [0.3, 0.4) is 0 Å². The van der Waals surface area contributed by atoms with Gasteiger partial charge in [-0.25, -0.2) is 4.98 Å². The fraction of sp³-hybridized carbons (Fsp3) is 0.0769. The van der Waals surface area contributed by atoms with Gasteiger partial charge in [0.05, 0.1) is 9.60 Å². The van der Waals surface area contributed by atoms with Crippen molar-refractivity contribution in [3.8, 4) is 39.6 Å². The van der Waals surface area contributed by atoms with Gasteiger partial charge in [0.15, 0.2) is 0 Å². The monoisotopic (exact) mass is 937 g/mol. The van der Waals surface area contributed by atoms with E-state index in [9.17, 15) is 2.74 Å². The summed E-state index contributed by atoms with van der Waals surface area (Å²) in [5.41, 5.74) is 7.02. The van der Waals surface area contributed by atoms with Crippen molar-refractivity contribution in [2.24, 2.45) is 0 Å². The molecule has 286 valence electrons. The maximum Gasteiger partial charge on any atom is 0.135 e. The summed E-state index contributed by atoms with van der Waals surface area (Å²) in [6.07, 6.45) is 1.71. The minimum atomic E-state index is -0.337. The normalized spacial score (nSPS) is 14.2. The van der Waals surface area contributed by atoms with E-state index in [0.29, 0.717) is 61.6 Å². The second-order valence-electron chi connectivity index (χ2n) is 14.8. The Labute approximate surface area is 363 Å². The SMILES string of the molecule is [2H]c1c([2H])c(-c2ccccc2)c(N2[CH-]N(c3[c-]c(Oc4[c-]c5c(cc4)c4c([2H])c([2H])c([2H])c([2H])c4n5-c4cc(C(C)(C)C)ccn4)ccc3)c3ccccc32)c(-c2ccccc2)c1[2H].[Pt]. The van der Waals surface area contributed by atoms with E-state index in [4.69, 9.17) is 16.6 Å². The molecule has 0 saturated heterocycles. The van der Waals surface area contributed by atoms with Crippen molar-refractivity contribution < 1.29 is 35.4 Å². The zero-order valence-electron chi connectivity index (χ0n) is 38.8. The number of rotatable bonds is 7. The van der Waals surface area contributed by atoms with E-state index in [1.54, 1.807) is 29.0 Å². The number of anilines is 4. The first kappa shape index (κ1) is 29.8. The zero-order chi connectivity index (χ0) is 44.6. The molecule has 58 heavy (non-hydrogen) atoms. The number of pyridine rings is 1. The Morgan fingerprint density at radius 1 is 0.638 bits per heavy atom. The van der Waals surface area contributed by atoms with E-state index in [0.717, 1.165) is 28.1 Å². The Kier molecular flexibility index (Phi) is 7.78. The first-order chi connectivity index (χ1) is 30.8. The van der Waals surface area contributed by atoms with Gasteiger partial charge >= 0.3 is 0 Å². The summed E-state index contributed by atoms with van der Waals surface area (Å²) < 4.78 is 70.7. The molecule has 10 rings (SSSR count). The van der Waals surface area contributed by atoms with Crippen LogP contribution in [0.25, 0.3) is 49.9 Å². The third kappa shape index (κ3) is 6.66. The summed E-state index contributed by atoms with van der Waals surface area (Å²) in [5.74, 6) is 1.21. The van der Waals surface area contributed by atoms with E-state index in [2.05, 4.69) is 32.9 Å². The minimum absolute atomic E-state index is 0. The van der Waals surface area contributed by atoms with Crippen LogP contribution in [0.5, 0.6) is 11.5 Å². The molecule has 7 aromatic carbocycles. The van der Waals surface area contributed by atoms with Crippen LogP contribution < -0.4 is 14.5 Å². The molecule has 0 radical (unpaired) electrons. The predicted molar refractivity (Wildman–Crippen MR) is 234 cm³/mol. The number of para-hydroxylation sites is 4. The summed E-state index contributed by atoms with van der Waals surface area (Å²) in [4.78, 5) is 8.67. The molecule has 3 heterocycles. The standard InChI is InChI=1S/C52H39N4O.Pt/c1-52(2,3)38-30-31-53-50(32-38)56-46-25-11-10-22-44(46)45-29-28-41(34-49(45)56)57-40-21-14-20-39(33-40)54-35-55(48-27-13-12-26-47(48)54)51-42(36-16-6-4-7-17-36)23-15-24-43(51)37-18-8-5-9-19-37;/h4-32,35H,1-3H3;/q-3;/i10D,11D,15D,22D,23D,24D,25D;. The van der Waals surface area contributed by atoms with Crippen molar-refractivity contribution >= 4 is 44.6 Å². The minimum Gasteiger partial charge on any atom is -0.509 e. The Bertz CT molecular complexity index is 3250. The maximum atomic E-state index is 9.26. The topological polar surface area (TPSA) is 33.5 Å². The van der Waals surface area contributed by atoms with Crippen molar-refractivity contribution in [3.63, 3.8) is 0 Å². The molecular formula is C52H39N4OPt-3. The number of nitrogens with zero attached hydrogens (tertiary/aromatic N) is 4. The molecule has 0 saturated carbocycles. The molecule has 0 N–H and O–H groups in total. The molecule has 6 heteroatoms. The Balaban J connectivity index is 0.00000533. The fourth-order valence-corrected chi connectivity index (χ4v) is 7.42. The number of benzene rings is 7. The second kappa shape index (κ2) is 15.2. The molecule has 1 aliphatic rings. The number of ether oxygens (including phenoxy) is 1. The Morgan fingerprint density at radius 2 is 1.29 bits per heavy atom.